The van der Waals surface area contributed by atoms with E-state index in [-0.39, 0.29) is 24.2 Å². The zero-order valence-electron chi connectivity index (χ0n) is 8.75. The maximum absolute atomic E-state index is 11.3. The summed E-state index contributed by atoms with van der Waals surface area (Å²) in [7, 11) is 0. The Morgan fingerprint density at radius 3 is 2.36 bits per heavy atom. The normalized spacial score (nSPS) is 12.6. The van der Waals surface area contributed by atoms with Crippen LogP contribution in [-0.2, 0) is 9.59 Å². The zero-order valence-corrected chi connectivity index (χ0v) is 8.75. The molecule has 14 heavy (non-hydrogen) atoms. The van der Waals surface area contributed by atoms with Gasteiger partial charge in [-0.05, 0) is 12.3 Å². The molecule has 0 aromatic carbocycles. The predicted octanol–water partition coefficient (Wildman–Crippen LogP) is -0.649. The quantitative estimate of drug-likeness (QED) is 0.498. The summed E-state index contributed by atoms with van der Waals surface area (Å²) in [6.07, 6.45) is 0.850. The Labute approximate surface area is 84.2 Å². The van der Waals surface area contributed by atoms with Crippen LogP contribution in [-0.4, -0.2) is 24.4 Å². The van der Waals surface area contributed by atoms with Crippen molar-refractivity contribution in [3.63, 3.8) is 0 Å². The van der Waals surface area contributed by atoms with Crippen LogP contribution in [0, 0.1) is 5.92 Å². The lowest BCUT2D eigenvalue weighted by Gasteiger charge is -2.14. The van der Waals surface area contributed by atoms with Crippen LogP contribution in [0.25, 0.3) is 0 Å². The summed E-state index contributed by atoms with van der Waals surface area (Å²) in [5.74, 6) is -0.414. The molecule has 0 aromatic rings. The molecule has 0 fully saturated rings. The van der Waals surface area contributed by atoms with Crippen LogP contribution in [0.2, 0.25) is 0 Å². The molecule has 0 saturated carbocycles. The average Bonchev–Trinajstić information content (AvgIpc) is 2.10. The maximum Gasteiger partial charge on any atom is 0.237 e. The molecule has 0 radical (unpaired) electrons. The van der Waals surface area contributed by atoms with Crippen molar-refractivity contribution in [1.29, 1.82) is 0 Å². The summed E-state index contributed by atoms with van der Waals surface area (Å²) in [5, 5.41) is 2.65. The van der Waals surface area contributed by atoms with Gasteiger partial charge >= 0.3 is 0 Å². The van der Waals surface area contributed by atoms with Crippen LogP contribution >= 0.6 is 0 Å². The minimum Gasteiger partial charge on any atom is -0.370 e. The van der Waals surface area contributed by atoms with Crippen molar-refractivity contribution < 1.29 is 9.59 Å². The summed E-state index contributed by atoms with van der Waals surface area (Å²) in [4.78, 5) is 21.6. The third kappa shape index (κ3) is 5.53. The van der Waals surface area contributed by atoms with Crippen LogP contribution in [0.5, 0.6) is 0 Å². The number of carbonyl (C=O) groups excluding carboxylic acids is 2. The van der Waals surface area contributed by atoms with Gasteiger partial charge < -0.3 is 16.8 Å². The zero-order chi connectivity index (χ0) is 11.1. The standard InChI is InChI=1S/C9H19N3O2/c1-6(2)8(11)9(14)12-5-3-4-7(10)13/h6,8H,3-5,11H2,1-2H3,(H2,10,13)(H,12,14)/t8-/m0/s1. The van der Waals surface area contributed by atoms with E-state index in [4.69, 9.17) is 11.5 Å². The number of carbonyl (C=O) groups is 2. The molecule has 0 aliphatic carbocycles. The van der Waals surface area contributed by atoms with Crippen LogP contribution in [0.1, 0.15) is 26.7 Å². The van der Waals surface area contributed by atoms with Gasteiger partial charge in [-0.3, -0.25) is 9.59 Å². The van der Waals surface area contributed by atoms with Crippen LogP contribution in [0.15, 0.2) is 0 Å². The molecule has 0 aliphatic rings. The second-order valence-electron chi connectivity index (χ2n) is 3.63. The lowest BCUT2D eigenvalue weighted by atomic mass is 10.1. The van der Waals surface area contributed by atoms with Crippen molar-refractivity contribution in [3.05, 3.63) is 0 Å². The number of hydrogen-bond acceptors (Lipinski definition) is 3. The fourth-order valence-electron chi connectivity index (χ4n) is 0.895. The molecular formula is C9H19N3O2. The lowest BCUT2D eigenvalue weighted by Crippen LogP contribution is -2.44. The topological polar surface area (TPSA) is 98.2 Å². The van der Waals surface area contributed by atoms with Gasteiger partial charge in [-0.1, -0.05) is 13.8 Å². The number of amides is 2. The van der Waals surface area contributed by atoms with Gasteiger partial charge in [-0.15, -0.1) is 0 Å². The summed E-state index contributed by atoms with van der Waals surface area (Å²) in [6, 6.07) is -0.483. The van der Waals surface area contributed by atoms with Gasteiger partial charge in [0.2, 0.25) is 11.8 Å². The van der Waals surface area contributed by atoms with Crippen molar-refractivity contribution in [1.82, 2.24) is 5.32 Å². The largest absolute Gasteiger partial charge is 0.370 e. The Balaban J connectivity index is 3.59. The third-order valence-corrected chi connectivity index (χ3v) is 1.92. The van der Waals surface area contributed by atoms with E-state index in [2.05, 4.69) is 5.32 Å². The van der Waals surface area contributed by atoms with E-state index in [0.29, 0.717) is 13.0 Å². The van der Waals surface area contributed by atoms with Crippen LogP contribution in [0.4, 0.5) is 0 Å². The highest BCUT2D eigenvalue weighted by Gasteiger charge is 2.15. The van der Waals surface area contributed by atoms with E-state index in [9.17, 15) is 9.59 Å². The van der Waals surface area contributed by atoms with Crippen molar-refractivity contribution in [3.8, 4) is 0 Å². The van der Waals surface area contributed by atoms with E-state index in [1.54, 1.807) is 0 Å². The van der Waals surface area contributed by atoms with E-state index in [0.717, 1.165) is 0 Å². The smallest absolute Gasteiger partial charge is 0.237 e. The van der Waals surface area contributed by atoms with E-state index in [1.807, 2.05) is 13.8 Å². The Morgan fingerprint density at radius 2 is 1.93 bits per heavy atom. The fourth-order valence-corrected chi connectivity index (χ4v) is 0.895. The van der Waals surface area contributed by atoms with Crippen LogP contribution < -0.4 is 16.8 Å². The highest BCUT2D eigenvalue weighted by Crippen LogP contribution is 1.97. The first-order valence-corrected chi connectivity index (χ1v) is 4.76. The average molecular weight is 201 g/mol. The van der Waals surface area contributed by atoms with Gasteiger partial charge in [0.15, 0.2) is 0 Å². The van der Waals surface area contributed by atoms with Gasteiger partial charge in [0.1, 0.15) is 0 Å². The van der Waals surface area contributed by atoms with E-state index in [1.165, 1.54) is 0 Å². The summed E-state index contributed by atoms with van der Waals surface area (Å²) >= 11 is 0. The van der Waals surface area contributed by atoms with Crippen molar-refractivity contribution >= 4 is 11.8 Å². The first-order chi connectivity index (χ1) is 6.45. The third-order valence-electron chi connectivity index (χ3n) is 1.92. The molecule has 0 aliphatic heterocycles. The molecule has 0 spiro atoms. The van der Waals surface area contributed by atoms with Crippen LogP contribution in [0.3, 0.4) is 0 Å². The maximum atomic E-state index is 11.3. The predicted molar refractivity (Wildman–Crippen MR) is 54.3 cm³/mol. The molecule has 0 aromatic heterocycles. The van der Waals surface area contributed by atoms with Crippen molar-refractivity contribution in [2.45, 2.75) is 32.7 Å². The number of hydrogen-bond donors (Lipinski definition) is 3. The summed E-state index contributed by atoms with van der Waals surface area (Å²) in [5.41, 5.74) is 10.5. The number of primary amides is 1. The van der Waals surface area contributed by atoms with E-state index >= 15 is 0 Å². The highest BCUT2D eigenvalue weighted by atomic mass is 16.2. The second-order valence-corrected chi connectivity index (χ2v) is 3.63. The Kier molecular flexibility index (Phi) is 5.87. The van der Waals surface area contributed by atoms with Crippen molar-refractivity contribution in [2.75, 3.05) is 6.54 Å². The molecule has 0 saturated heterocycles. The first kappa shape index (κ1) is 12.9. The summed E-state index contributed by atoms with van der Waals surface area (Å²) < 4.78 is 0. The van der Waals surface area contributed by atoms with Gasteiger partial charge in [0.05, 0.1) is 6.04 Å². The number of rotatable bonds is 6. The second kappa shape index (κ2) is 6.37. The Bertz CT molecular complexity index is 204. The number of nitrogens with one attached hydrogen (secondary N) is 1. The van der Waals surface area contributed by atoms with Gasteiger partial charge in [-0.2, -0.15) is 0 Å². The molecule has 5 heteroatoms. The molecule has 5 N–H and O–H groups in total. The number of nitrogens with two attached hydrogens (primary N) is 2. The van der Waals surface area contributed by atoms with Gasteiger partial charge in [-0.25, -0.2) is 0 Å². The lowest BCUT2D eigenvalue weighted by molar-refractivity contribution is -0.123. The SMILES string of the molecule is CC(C)[C@H](N)C(=O)NCCCC(N)=O. The molecule has 2 amide bonds. The minimum absolute atomic E-state index is 0.117. The molecule has 5 nitrogen and oxygen atoms in total. The van der Waals surface area contributed by atoms with Gasteiger partial charge in [0.25, 0.3) is 0 Å². The molecule has 1 atom stereocenters. The van der Waals surface area contributed by atoms with Gasteiger partial charge in [0, 0.05) is 13.0 Å². The Hall–Kier alpha value is -1.10. The monoisotopic (exact) mass is 201 g/mol. The van der Waals surface area contributed by atoms with E-state index < -0.39 is 6.04 Å². The highest BCUT2D eigenvalue weighted by molar-refractivity contribution is 5.81. The minimum atomic E-state index is -0.483. The van der Waals surface area contributed by atoms with Crippen molar-refractivity contribution in [2.24, 2.45) is 17.4 Å². The first-order valence-electron chi connectivity index (χ1n) is 4.76. The fraction of sp³-hybridized carbons (Fsp3) is 0.778. The molecule has 0 heterocycles. The molecule has 0 unspecified atom stereocenters. The molecule has 0 bridgehead atoms. The summed E-state index contributed by atoms with van der Waals surface area (Å²) in [6.45, 7) is 4.21. The molecule has 82 valence electrons. The molecular weight excluding hydrogens is 182 g/mol. The Morgan fingerprint density at radius 1 is 1.36 bits per heavy atom. The molecule has 0 rings (SSSR count).